The molecule has 0 aliphatic heterocycles. The van der Waals surface area contributed by atoms with Crippen molar-refractivity contribution < 1.29 is 34.2 Å². The lowest BCUT2D eigenvalue weighted by Gasteiger charge is -2.52. The summed E-state index contributed by atoms with van der Waals surface area (Å²) in [5.74, 6) is -11.1. The highest BCUT2D eigenvalue weighted by Crippen LogP contribution is 2.51. The molecule has 2 unspecified atom stereocenters. The summed E-state index contributed by atoms with van der Waals surface area (Å²) < 4.78 is 0. The molecule has 11 heteroatoms. The highest BCUT2D eigenvalue weighted by atomic mass is 35.5. The third-order valence-corrected chi connectivity index (χ3v) is 7.37. The van der Waals surface area contributed by atoms with E-state index < -0.39 is 70.1 Å². The highest BCUT2D eigenvalue weighted by Gasteiger charge is 2.69. The number of halogens is 1. The Kier molecular flexibility index (Phi) is 4.96. The van der Waals surface area contributed by atoms with Gasteiger partial charge in [0, 0.05) is 12.0 Å². The molecule has 10 nitrogen and oxygen atoms in total. The normalized spacial score (nSPS) is 34.2. The van der Waals surface area contributed by atoms with E-state index >= 15 is 0 Å². The number of primary amides is 1. The zero-order valence-electron chi connectivity index (χ0n) is 17.3. The lowest BCUT2D eigenvalue weighted by atomic mass is 9.52. The number of anilines is 1. The van der Waals surface area contributed by atoms with Crippen LogP contribution in [-0.2, 0) is 25.6 Å². The lowest BCUT2D eigenvalue weighted by molar-refractivity contribution is -0.181. The van der Waals surface area contributed by atoms with Crippen LogP contribution in [0.15, 0.2) is 6.07 Å². The molecule has 0 saturated heterocycles. The fourth-order valence-electron chi connectivity index (χ4n) is 5.67. The number of likely N-dealkylation sites (N-methyl/N-ethyl adjacent to an activating group) is 1. The third kappa shape index (κ3) is 2.69. The molecule has 1 amide bonds. The Morgan fingerprint density at radius 1 is 1.22 bits per heavy atom. The van der Waals surface area contributed by atoms with Gasteiger partial charge in [-0.1, -0.05) is 11.6 Å². The zero-order valence-corrected chi connectivity index (χ0v) is 18.0. The first kappa shape index (κ1) is 22.4. The first-order chi connectivity index (χ1) is 14.8. The van der Waals surface area contributed by atoms with E-state index in [0.717, 1.165) is 6.07 Å². The second-order valence-electron chi connectivity index (χ2n) is 8.93. The maximum atomic E-state index is 13.5. The van der Waals surface area contributed by atoms with E-state index in [2.05, 4.69) is 0 Å². The van der Waals surface area contributed by atoms with Crippen LogP contribution in [0.3, 0.4) is 0 Å². The largest absolute Gasteiger partial charge is 0.507 e. The quantitative estimate of drug-likeness (QED) is 0.245. The second-order valence-corrected chi connectivity index (χ2v) is 9.34. The Balaban J connectivity index is 1.89. The minimum Gasteiger partial charge on any atom is -0.507 e. The summed E-state index contributed by atoms with van der Waals surface area (Å²) in [6.45, 7) is 0. The number of Topliss-reactive ketones (excluding diaryl/α,β-unsaturated/α-hetero) is 4. The molecule has 4 rings (SSSR count). The predicted molar refractivity (Wildman–Crippen MR) is 111 cm³/mol. The topological polar surface area (TPSA) is 181 Å². The Morgan fingerprint density at radius 3 is 2.41 bits per heavy atom. The zero-order chi connectivity index (χ0) is 23.9. The van der Waals surface area contributed by atoms with Crippen molar-refractivity contribution in [3.63, 3.8) is 0 Å². The first-order valence-corrected chi connectivity index (χ1v) is 10.4. The first-order valence-electron chi connectivity index (χ1n) is 9.98. The maximum absolute atomic E-state index is 13.5. The molecule has 6 N–H and O–H groups in total. The SMILES string of the molecule is CN(C)[C@@H]1C(=O)C(C(N)=O)C(=O)[C@@]2(O)C(=O)C3C(=O)c4c(O)cc(Cl)c(N)c4C[C@H]3C[C@@H]12. The summed E-state index contributed by atoms with van der Waals surface area (Å²) in [7, 11) is 3.04. The number of aromatic hydroxyl groups is 1. The molecular formula is C21H22ClN3O7. The van der Waals surface area contributed by atoms with Crippen molar-refractivity contribution in [3.05, 3.63) is 22.2 Å². The van der Waals surface area contributed by atoms with E-state index in [1.54, 1.807) is 0 Å². The maximum Gasteiger partial charge on any atom is 0.235 e. The molecule has 6 atom stereocenters. The monoisotopic (exact) mass is 463 g/mol. The number of nitrogen functional groups attached to an aromatic ring is 1. The average Bonchev–Trinajstić information content (AvgIpc) is 2.68. The van der Waals surface area contributed by atoms with Crippen LogP contribution in [0.25, 0.3) is 0 Å². The average molecular weight is 464 g/mol. The van der Waals surface area contributed by atoms with Gasteiger partial charge in [0.05, 0.1) is 28.2 Å². The van der Waals surface area contributed by atoms with Crippen LogP contribution in [0.2, 0.25) is 5.02 Å². The van der Waals surface area contributed by atoms with Crippen LogP contribution < -0.4 is 11.5 Å². The van der Waals surface area contributed by atoms with Gasteiger partial charge in [-0.05, 0) is 38.4 Å². The fraction of sp³-hybridized carbons (Fsp3) is 0.476. The molecule has 0 radical (unpaired) electrons. The molecule has 2 saturated carbocycles. The molecule has 3 aliphatic rings. The van der Waals surface area contributed by atoms with Gasteiger partial charge in [0.25, 0.3) is 0 Å². The molecule has 0 spiro atoms. The van der Waals surface area contributed by atoms with Crippen molar-refractivity contribution in [2.24, 2.45) is 29.4 Å². The number of hydrogen-bond acceptors (Lipinski definition) is 9. The number of carbonyl (C=O) groups excluding carboxylic acids is 5. The van der Waals surface area contributed by atoms with Crippen LogP contribution in [-0.4, -0.2) is 69.9 Å². The van der Waals surface area contributed by atoms with Gasteiger partial charge >= 0.3 is 0 Å². The van der Waals surface area contributed by atoms with E-state index in [9.17, 15) is 34.2 Å². The van der Waals surface area contributed by atoms with Crippen LogP contribution in [0, 0.1) is 23.7 Å². The van der Waals surface area contributed by atoms with E-state index in [4.69, 9.17) is 23.1 Å². The van der Waals surface area contributed by atoms with Crippen molar-refractivity contribution in [1.29, 1.82) is 0 Å². The number of amides is 1. The molecule has 3 aliphatic carbocycles. The predicted octanol–water partition coefficient (Wildman–Crippen LogP) is -0.897. The summed E-state index contributed by atoms with van der Waals surface area (Å²) in [5.41, 5.74) is 8.73. The van der Waals surface area contributed by atoms with E-state index in [1.807, 2.05) is 0 Å². The number of rotatable bonds is 2. The van der Waals surface area contributed by atoms with Crippen molar-refractivity contribution in [1.82, 2.24) is 4.90 Å². The van der Waals surface area contributed by atoms with Crippen LogP contribution in [0.1, 0.15) is 22.3 Å². The molecule has 0 heterocycles. The van der Waals surface area contributed by atoms with Crippen molar-refractivity contribution in [2.45, 2.75) is 24.5 Å². The summed E-state index contributed by atoms with van der Waals surface area (Å²) in [6.07, 6.45) is 0.0302. The molecule has 0 aromatic heterocycles. The third-order valence-electron chi connectivity index (χ3n) is 7.06. The number of fused-ring (bicyclic) bond motifs is 3. The number of aliphatic hydroxyl groups is 1. The number of carbonyl (C=O) groups is 5. The van der Waals surface area contributed by atoms with E-state index in [1.165, 1.54) is 19.0 Å². The van der Waals surface area contributed by atoms with Gasteiger partial charge < -0.3 is 21.7 Å². The smallest absolute Gasteiger partial charge is 0.235 e. The molecule has 2 fully saturated rings. The second kappa shape index (κ2) is 7.09. The van der Waals surface area contributed by atoms with Gasteiger partial charge in [-0.3, -0.25) is 28.9 Å². The summed E-state index contributed by atoms with van der Waals surface area (Å²) in [5, 5.41) is 21.8. The number of phenols is 1. The van der Waals surface area contributed by atoms with Gasteiger partial charge in [0.1, 0.15) is 5.75 Å². The van der Waals surface area contributed by atoms with Crippen molar-refractivity contribution in [2.75, 3.05) is 19.8 Å². The molecule has 32 heavy (non-hydrogen) atoms. The van der Waals surface area contributed by atoms with Gasteiger partial charge in [0.15, 0.2) is 34.7 Å². The molecular weight excluding hydrogens is 442 g/mol. The minimum atomic E-state index is -2.75. The Bertz CT molecular complexity index is 1120. The molecule has 1 aromatic rings. The Labute approximate surface area is 187 Å². The van der Waals surface area contributed by atoms with Crippen molar-refractivity contribution in [3.8, 4) is 5.75 Å². The number of benzene rings is 1. The fourth-order valence-corrected chi connectivity index (χ4v) is 5.89. The van der Waals surface area contributed by atoms with Crippen LogP contribution in [0.5, 0.6) is 5.75 Å². The molecule has 0 bridgehead atoms. The number of nitrogens with two attached hydrogens (primary N) is 2. The standard InChI is InChI=1S/C21H22ClN3O7/c1-25(2)15-8-4-6-3-7-12(10(26)5-9(22)14(7)23)16(27)11(6)18(29)21(8,32)19(30)13(17(15)28)20(24)31/h5-6,8,11,13,15,26,32H,3-4,23H2,1-2H3,(H2,24,31)/t6-,8-,11?,13?,15-,21-/m0/s1. The number of hydrogen-bond donors (Lipinski definition) is 4. The molecule has 1 aromatic carbocycles. The summed E-state index contributed by atoms with van der Waals surface area (Å²) >= 11 is 6.04. The van der Waals surface area contributed by atoms with Crippen LogP contribution in [0.4, 0.5) is 5.69 Å². The van der Waals surface area contributed by atoms with Crippen LogP contribution >= 0.6 is 11.6 Å². The minimum absolute atomic E-state index is 0.0450. The number of phenolic OH excluding ortho intramolecular Hbond substituents is 1. The van der Waals surface area contributed by atoms with Gasteiger partial charge in [-0.15, -0.1) is 0 Å². The Hall–Kier alpha value is -2.82. The summed E-state index contributed by atoms with van der Waals surface area (Å²) in [6, 6.07) is -0.0595. The van der Waals surface area contributed by atoms with Gasteiger partial charge in [-0.25, -0.2) is 0 Å². The highest BCUT2D eigenvalue weighted by molar-refractivity contribution is 6.35. The van der Waals surface area contributed by atoms with E-state index in [0.29, 0.717) is 0 Å². The molecule has 170 valence electrons. The number of nitrogens with zero attached hydrogens (tertiary/aromatic N) is 1. The lowest BCUT2D eigenvalue weighted by Crippen LogP contribution is -2.74. The van der Waals surface area contributed by atoms with Gasteiger partial charge in [0.2, 0.25) is 5.91 Å². The van der Waals surface area contributed by atoms with E-state index in [-0.39, 0.29) is 34.7 Å². The Morgan fingerprint density at radius 2 is 1.84 bits per heavy atom. The number of ketones is 4. The summed E-state index contributed by atoms with van der Waals surface area (Å²) in [4.78, 5) is 66.2. The van der Waals surface area contributed by atoms with Gasteiger partial charge in [-0.2, -0.15) is 0 Å². The van der Waals surface area contributed by atoms with Crippen molar-refractivity contribution >= 4 is 46.3 Å².